The summed E-state index contributed by atoms with van der Waals surface area (Å²) in [6, 6.07) is 9.23. The van der Waals surface area contributed by atoms with Gasteiger partial charge >= 0.3 is 5.95 Å². The van der Waals surface area contributed by atoms with Gasteiger partial charge in [-0.1, -0.05) is 18.2 Å². The number of rotatable bonds is 2. The Balaban J connectivity index is 2.17. The molecule has 1 aliphatic rings. The SMILES string of the molecule is O=C1COC(Oc2ccccc2)=C1I. The summed E-state index contributed by atoms with van der Waals surface area (Å²) < 4.78 is 11.0. The number of ether oxygens (including phenoxy) is 2. The van der Waals surface area contributed by atoms with Crippen molar-refractivity contribution in [3.8, 4) is 5.75 Å². The highest BCUT2D eigenvalue weighted by molar-refractivity contribution is 14.1. The Morgan fingerprint density at radius 1 is 1.29 bits per heavy atom. The van der Waals surface area contributed by atoms with Crippen molar-refractivity contribution < 1.29 is 14.3 Å². The van der Waals surface area contributed by atoms with Gasteiger partial charge in [0, 0.05) is 0 Å². The molecule has 0 spiro atoms. The standard InChI is InChI=1S/C10H7IO3/c11-9-8(12)6-13-10(9)14-7-4-2-1-3-5-7/h1-5H,6H2. The average molecular weight is 302 g/mol. The van der Waals surface area contributed by atoms with Gasteiger partial charge in [-0.25, -0.2) is 0 Å². The van der Waals surface area contributed by atoms with Crippen LogP contribution in [-0.4, -0.2) is 12.4 Å². The third-order valence-electron chi connectivity index (χ3n) is 1.71. The molecule has 0 N–H and O–H groups in total. The Hall–Kier alpha value is -1.04. The van der Waals surface area contributed by atoms with Crippen LogP contribution >= 0.6 is 22.6 Å². The van der Waals surface area contributed by atoms with E-state index in [2.05, 4.69) is 0 Å². The van der Waals surface area contributed by atoms with E-state index in [1.165, 1.54) is 0 Å². The molecule has 0 aliphatic carbocycles. The lowest BCUT2D eigenvalue weighted by atomic mass is 10.3. The average Bonchev–Trinajstić information content (AvgIpc) is 2.52. The smallest absolute Gasteiger partial charge is 0.303 e. The number of hydrogen-bond acceptors (Lipinski definition) is 3. The Morgan fingerprint density at radius 2 is 2.00 bits per heavy atom. The third kappa shape index (κ3) is 1.89. The predicted octanol–water partition coefficient (Wildman–Crippen LogP) is 2.27. The minimum Gasteiger partial charge on any atom is -0.456 e. The summed E-state index contributed by atoms with van der Waals surface area (Å²) in [4.78, 5) is 11.1. The van der Waals surface area contributed by atoms with Crippen molar-refractivity contribution in [2.24, 2.45) is 0 Å². The molecule has 72 valence electrons. The van der Waals surface area contributed by atoms with Gasteiger partial charge in [0.2, 0.25) is 5.78 Å². The molecule has 3 nitrogen and oxygen atoms in total. The molecule has 0 saturated carbocycles. The van der Waals surface area contributed by atoms with E-state index in [0.29, 0.717) is 15.3 Å². The van der Waals surface area contributed by atoms with E-state index in [-0.39, 0.29) is 12.4 Å². The minimum atomic E-state index is -0.0310. The van der Waals surface area contributed by atoms with Crippen molar-refractivity contribution in [3.05, 3.63) is 39.9 Å². The van der Waals surface area contributed by atoms with Crippen LogP contribution in [-0.2, 0) is 9.53 Å². The van der Waals surface area contributed by atoms with Gasteiger partial charge in [-0.2, -0.15) is 0 Å². The second kappa shape index (κ2) is 4.00. The Labute approximate surface area is 94.8 Å². The van der Waals surface area contributed by atoms with Gasteiger partial charge in [0.1, 0.15) is 9.33 Å². The highest BCUT2D eigenvalue weighted by Crippen LogP contribution is 2.25. The molecule has 0 aromatic heterocycles. The van der Waals surface area contributed by atoms with E-state index in [1.807, 2.05) is 52.9 Å². The van der Waals surface area contributed by atoms with Crippen LogP contribution in [0.4, 0.5) is 0 Å². The maximum absolute atomic E-state index is 11.1. The first kappa shape index (κ1) is 9.51. The summed E-state index contributed by atoms with van der Waals surface area (Å²) in [7, 11) is 0. The molecule has 0 radical (unpaired) electrons. The van der Waals surface area contributed by atoms with E-state index in [0.717, 1.165) is 0 Å². The van der Waals surface area contributed by atoms with Crippen LogP contribution in [0.25, 0.3) is 0 Å². The Kier molecular flexibility index (Phi) is 2.72. The molecule has 0 fully saturated rings. The molecule has 14 heavy (non-hydrogen) atoms. The number of carbonyl (C=O) groups excluding carboxylic acids is 1. The van der Waals surface area contributed by atoms with E-state index in [4.69, 9.17) is 9.47 Å². The van der Waals surface area contributed by atoms with E-state index in [9.17, 15) is 4.79 Å². The number of ketones is 1. The third-order valence-corrected chi connectivity index (χ3v) is 2.75. The van der Waals surface area contributed by atoms with E-state index in [1.54, 1.807) is 0 Å². The molecule has 1 aliphatic heterocycles. The quantitative estimate of drug-likeness (QED) is 0.786. The second-order valence-corrected chi connectivity index (χ2v) is 3.81. The van der Waals surface area contributed by atoms with Gasteiger partial charge in [-0.05, 0) is 34.7 Å². The topological polar surface area (TPSA) is 35.5 Å². The van der Waals surface area contributed by atoms with Crippen LogP contribution in [0.5, 0.6) is 5.75 Å². The van der Waals surface area contributed by atoms with Gasteiger partial charge in [0.25, 0.3) is 0 Å². The summed E-state index contributed by atoms with van der Waals surface area (Å²) in [6.45, 7) is 0.0838. The lowest BCUT2D eigenvalue weighted by Gasteiger charge is -2.05. The van der Waals surface area contributed by atoms with Gasteiger partial charge in [0.05, 0.1) is 0 Å². The molecule has 0 bridgehead atoms. The highest BCUT2D eigenvalue weighted by atomic mass is 127. The number of halogens is 1. The number of para-hydroxylation sites is 1. The Morgan fingerprint density at radius 3 is 2.57 bits per heavy atom. The lowest BCUT2D eigenvalue weighted by Crippen LogP contribution is -1.96. The highest BCUT2D eigenvalue weighted by Gasteiger charge is 2.24. The van der Waals surface area contributed by atoms with Crippen molar-refractivity contribution in [2.45, 2.75) is 0 Å². The predicted molar refractivity (Wildman–Crippen MR) is 59.1 cm³/mol. The van der Waals surface area contributed by atoms with Crippen LogP contribution in [0, 0.1) is 0 Å². The lowest BCUT2D eigenvalue weighted by molar-refractivity contribution is -0.116. The molecular formula is C10H7IO3. The van der Waals surface area contributed by atoms with Crippen molar-refractivity contribution >= 4 is 28.4 Å². The fourth-order valence-electron chi connectivity index (χ4n) is 1.04. The van der Waals surface area contributed by atoms with Gasteiger partial charge < -0.3 is 9.47 Å². The Bertz CT molecular complexity index is 384. The first-order valence-corrected chi connectivity index (χ1v) is 5.14. The number of hydrogen-bond donors (Lipinski definition) is 0. The zero-order valence-corrected chi connectivity index (χ0v) is 9.35. The monoisotopic (exact) mass is 302 g/mol. The maximum Gasteiger partial charge on any atom is 0.303 e. The molecule has 0 saturated heterocycles. The number of benzene rings is 1. The second-order valence-electron chi connectivity index (χ2n) is 2.73. The molecule has 1 aromatic carbocycles. The zero-order chi connectivity index (χ0) is 9.97. The molecule has 1 heterocycles. The summed E-state index contributed by atoms with van der Waals surface area (Å²) in [5, 5.41) is 0. The van der Waals surface area contributed by atoms with Gasteiger partial charge in [-0.15, -0.1) is 0 Å². The van der Waals surface area contributed by atoms with Crippen molar-refractivity contribution in [3.63, 3.8) is 0 Å². The largest absolute Gasteiger partial charge is 0.456 e. The van der Waals surface area contributed by atoms with Gasteiger partial charge in [0.15, 0.2) is 6.61 Å². The van der Waals surface area contributed by atoms with E-state index >= 15 is 0 Å². The van der Waals surface area contributed by atoms with E-state index < -0.39 is 0 Å². The normalized spacial score (nSPS) is 15.6. The number of Topliss-reactive ketones (excluding diaryl/α,β-unsaturated/α-hetero) is 1. The molecule has 1 aromatic rings. The van der Waals surface area contributed by atoms with Crippen molar-refractivity contribution in [1.29, 1.82) is 0 Å². The summed E-state index contributed by atoms with van der Waals surface area (Å²) in [5.41, 5.74) is 0. The summed E-state index contributed by atoms with van der Waals surface area (Å²) in [6.07, 6.45) is 0. The van der Waals surface area contributed by atoms with Crippen LogP contribution in [0.3, 0.4) is 0 Å². The summed E-state index contributed by atoms with van der Waals surface area (Å²) >= 11 is 1.93. The molecular weight excluding hydrogens is 295 g/mol. The van der Waals surface area contributed by atoms with Crippen LogP contribution in [0.2, 0.25) is 0 Å². The minimum absolute atomic E-state index is 0.0310. The molecule has 0 unspecified atom stereocenters. The fourth-order valence-corrected chi connectivity index (χ4v) is 1.46. The number of carbonyl (C=O) groups is 1. The molecule has 0 amide bonds. The molecule has 2 rings (SSSR count). The van der Waals surface area contributed by atoms with Crippen LogP contribution < -0.4 is 4.74 Å². The maximum atomic E-state index is 11.1. The van der Waals surface area contributed by atoms with Crippen LogP contribution in [0.15, 0.2) is 39.9 Å². The first-order chi connectivity index (χ1) is 6.77. The van der Waals surface area contributed by atoms with Crippen molar-refractivity contribution in [1.82, 2.24) is 0 Å². The molecule has 4 heteroatoms. The van der Waals surface area contributed by atoms with Gasteiger partial charge in [-0.3, -0.25) is 4.79 Å². The molecule has 0 atom stereocenters. The fraction of sp³-hybridized carbons (Fsp3) is 0.100. The zero-order valence-electron chi connectivity index (χ0n) is 7.20. The first-order valence-electron chi connectivity index (χ1n) is 4.06. The summed E-state index contributed by atoms with van der Waals surface area (Å²) in [5.74, 6) is 0.949. The van der Waals surface area contributed by atoms with Crippen LogP contribution in [0.1, 0.15) is 0 Å². The van der Waals surface area contributed by atoms with Crippen molar-refractivity contribution in [2.75, 3.05) is 6.61 Å².